The number of carbonyl (C=O) groups is 1. The van der Waals surface area contributed by atoms with Gasteiger partial charge in [-0.05, 0) is 36.1 Å². The lowest BCUT2D eigenvalue weighted by Gasteiger charge is -1.94. The molecule has 0 saturated heterocycles. The quantitative estimate of drug-likeness (QED) is 0.450. The fourth-order valence-electron chi connectivity index (χ4n) is 1.98. The third kappa shape index (κ3) is 3.11. The summed E-state index contributed by atoms with van der Waals surface area (Å²) >= 11 is 1.52. The second-order valence-corrected chi connectivity index (χ2v) is 5.70. The van der Waals surface area contributed by atoms with E-state index in [9.17, 15) is 14.9 Å². The van der Waals surface area contributed by atoms with Gasteiger partial charge in [0, 0.05) is 22.4 Å². The van der Waals surface area contributed by atoms with E-state index >= 15 is 0 Å². The SMILES string of the molecule is Cc1ccsc1/C=N\NC(=O)c1cc2cc([N+](=O)[O-])ccc2o1. The Hall–Kier alpha value is -3.00. The van der Waals surface area contributed by atoms with Crippen LogP contribution in [-0.4, -0.2) is 17.0 Å². The third-order valence-electron chi connectivity index (χ3n) is 3.18. The number of aryl methyl sites for hydroxylation is 1. The van der Waals surface area contributed by atoms with Gasteiger partial charge in [0.15, 0.2) is 5.76 Å². The number of benzene rings is 1. The van der Waals surface area contributed by atoms with Gasteiger partial charge >= 0.3 is 5.91 Å². The van der Waals surface area contributed by atoms with Gasteiger partial charge < -0.3 is 4.42 Å². The second kappa shape index (κ2) is 6.01. The van der Waals surface area contributed by atoms with Crippen molar-refractivity contribution < 1.29 is 14.1 Å². The van der Waals surface area contributed by atoms with Gasteiger partial charge in [-0.1, -0.05) is 0 Å². The number of carbonyl (C=O) groups excluding carboxylic acids is 1. The molecular formula is C15H11N3O4S. The van der Waals surface area contributed by atoms with Crippen molar-refractivity contribution >= 4 is 40.1 Å². The number of nitrogens with zero attached hydrogens (tertiary/aromatic N) is 2. The lowest BCUT2D eigenvalue weighted by Crippen LogP contribution is -2.16. The molecule has 0 aliphatic heterocycles. The Morgan fingerprint density at radius 3 is 2.91 bits per heavy atom. The number of furan rings is 1. The van der Waals surface area contributed by atoms with Gasteiger partial charge in [-0.15, -0.1) is 11.3 Å². The van der Waals surface area contributed by atoms with Crippen LogP contribution in [0.5, 0.6) is 0 Å². The molecule has 116 valence electrons. The molecule has 1 amide bonds. The molecule has 0 atom stereocenters. The summed E-state index contributed by atoms with van der Waals surface area (Å²) in [6, 6.07) is 7.55. The predicted molar refractivity (Wildman–Crippen MR) is 87.0 cm³/mol. The number of non-ortho nitro benzene ring substituents is 1. The first-order valence-corrected chi connectivity index (χ1v) is 7.48. The highest BCUT2D eigenvalue weighted by Gasteiger charge is 2.14. The highest BCUT2D eigenvalue weighted by Crippen LogP contribution is 2.24. The fourth-order valence-corrected chi connectivity index (χ4v) is 2.76. The number of thiophene rings is 1. The van der Waals surface area contributed by atoms with E-state index in [0.717, 1.165) is 10.4 Å². The molecule has 1 N–H and O–H groups in total. The maximum atomic E-state index is 12.0. The van der Waals surface area contributed by atoms with Crippen molar-refractivity contribution in [1.82, 2.24) is 5.43 Å². The topological polar surface area (TPSA) is 97.7 Å². The Morgan fingerprint density at radius 1 is 1.39 bits per heavy atom. The van der Waals surface area contributed by atoms with E-state index in [0.29, 0.717) is 11.0 Å². The number of nitrogens with one attached hydrogen (secondary N) is 1. The number of hydrogen-bond acceptors (Lipinski definition) is 6. The van der Waals surface area contributed by atoms with Crippen LogP contribution in [0.2, 0.25) is 0 Å². The van der Waals surface area contributed by atoms with E-state index in [-0.39, 0.29) is 11.4 Å². The molecule has 0 saturated carbocycles. The summed E-state index contributed by atoms with van der Waals surface area (Å²) in [6.45, 7) is 1.95. The normalized spacial score (nSPS) is 11.2. The summed E-state index contributed by atoms with van der Waals surface area (Å²) < 4.78 is 5.37. The molecule has 0 spiro atoms. The van der Waals surface area contributed by atoms with Crippen molar-refractivity contribution in [1.29, 1.82) is 0 Å². The number of rotatable bonds is 4. The minimum absolute atomic E-state index is 0.0422. The zero-order chi connectivity index (χ0) is 16.4. The van der Waals surface area contributed by atoms with E-state index in [1.165, 1.54) is 35.6 Å². The van der Waals surface area contributed by atoms with Crippen molar-refractivity contribution in [2.45, 2.75) is 6.92 Å². The highest BCUT2D eigenvalue weighted by molar-refractivity contribution is 7.11. The first-order chi connectivity index (χ1) is 11.0. The number of nitro groups is 1. The third-order valence-corrected chi connectivity index (χ3v) is 4.14. The zero-order valence-corrected chi connectivity index (χ0v) is 12.8. The van der Waals surface area contributed by atoms with E-state index in [1.54, 1.807) is 6.21 Å². The maximum Gasteiger partial charge on any atom is 0.307 e. The molecule has 2 aromatic heterocycles. The van der Waals surface area contributed by atoms with Crippen molar-refractivity contribution in [3.8, 4) is 0 Å². The summed E-state index contributed by atoms with van der Waals surface area (Å²) in [5, 5.41) is 17.1. The van der Waals surface area contributed by atoms with Crippen LogP contribution >= 0.6 is 11.3 Å². The first-order valence-electron chi connectivity index (χ1n) is 6.60. The van der Waals surface area contributed by atoms with Crippen LogP contribution < -0.4 is 5.43 Å². The zero-order valence-electron chi connectivity index (χ0n) is 12.0. The molecule has 0 bridgehead atoms. The van der Waals surface area contributed by atoms with Crippen molar-refractivity contribution in [3.63, 3.8) is 0 Å². The lowest BCUT2D eigenvalue weighted by atomic mass is 10.2. The van der Waals surface area contributed by atoms with Crippen LogP contribution in [-0.2, 0) is 0 Å². The van der Waals surface area contributed by atoms with Crippen molar-refractivity contribution in [2.24, 2.45) is 5.10 Å². The van der Waals surface area contributed by atoms with Gasteiger partial charge in [0.05, 0.1) is 11.1 Å². The van der Waals surface area contributed by atoms with E-state index in [1.807, 2.05) is 18.4 Å². The van der Waals surface area contributed by atoms with Crippen LogP contribution in [0, 0.1) is 17.0 Å². The molecule has 0 fully saturated rings. The van der Waals surface area contributed by atoms with Crippen LogP contribution in [0.25, 0.3) is 11.0 Å². The minimum atomic E-state index is -0.519. The second-order valence-electron chi connectivity index (χ2n) is 4.76. The molecule has 8 heteroatoms. The average molecular weight is 329 g/mol. The van der Waals surface area contributed by atoms with Gasteiger partial charge in [-0.25, -0.2) is 5.43 Å². The van der Waals surface area contributed by atoms with Gasteiger partial charge in [0.25, 0.3) is 5.69 Å². The number of amides is 1. The Bertz CT molecular complexity index is 926. The number of fused-ring (bicyclic) bond motifs is 1. The molecule has 3 rings (SSSR count). The smallest absolute Gasteiger partial charge is 0.307 e. The number of nitro benzene ring substituents is 1. The van der Waals surface area contributed by atoms with Crippen LogP contribution in [0.15, 0.2) is 45.2 Å². The van der Waals surface area contributed by atoms with E-state index < -0.39 is 10.8 Å². The monoisotopic (exact) mass is 329 g/mol. The molecule has 0 radical (unpaired) electrons. The van der Waals surface area contributed by atoms with E-state index in [2.05, 4.69) is 10.5 Å². The molecule has 0 aliphatic rings. The molecular weight excluding hydrogens is 318 g/mol. The Morgan fingerprint density at radius 2 is 2.22 bits per heavy atom. The molecule has 2 heterocycles. The van der Waals surface area contributed by atoms with Crippen molar-refractivity contribution in [3.05, 3.63) is 62.0 Å². The minimum Gasteiger partial charge on any atom is -0.451 e. The Labute approximate surface area is 134 Å². The summed E-state index contributed by atoms with van der Waals surface area (Å²) in [4.78, 5) is 23.2. The molecule has 23 heavy (non-hydrogen) atoms. The van der Waals surface area contributed by atoms with Crippen LogP contribution in [0.1, 0.15) is 21.0 Å². The van der Waals surface area contributed by atoms with Crippen LogP contribution in [0.4, 0.5) is 5.69 Å². The maximum absolute atomic E-state index is 12.0. The summed E-state index contributed by atoms with van der Waals surface area (Å²) in [6.07, 6.45) is 1.56. The molecule has 3 aromatic rings. The molecule has 0 aliphatic carbocycles. The van der Waals surface area contributed by atoms with Crippen molar-refractivity contribution in [2.75, 3.05) is 0 Å². The molecule has 7 nitrogen and oxygen atoms in total. The number of hydrogen-bond donors (Lipinski definition) is 1. The standard InChI is InChI=1S/C15H11N3O4S/c1-9-4-5-23-14(9)8-16-17-15(19)13-7-10-6-11(18(20)21)2-3-12(10)22-13/h2-8H,1H3,(H,17,19)/b16-8-. The highest BCUT2D eigenvalue weighted by atomic mass is 32.1. The Balaban J connectivity index is 1.77. The van der Waals surface area contributed by atoms with Gasteiger partial charge in [-0.3, -0.25) is 14.9 Å². The van der Waals surface area contributed by atoms with Crippen LogP contribution in [0.3, 0.4) is 0 Å². The van der Waals surface area contributed by atoms with Gasteiger partial charge in [-0.2, -0.15) is 5.10 Å². The lowest BCUT2D eigenvalue weighted by molar-refractivity contribution is -0.384. The summed E-state index contributed by atoms with van der Waals surface area (Å²) in [5.74, 6) is -0.477. The summed E-state index contributed by atoms with van der Waals surface area (Å²) in [7, 11) is 0. The van der Waals surface area contributed by atoms with Gasteiger partial charge in [0.2, 0.25) is 0 Å². The Kier molecular flexibility index (Phi) is 3.90. The summed E-state index contributed by atoms with van der Waals surface area (Å²) in [5.41, 5.74) is 3.79. The van der Waals surface area contributed by atoms with Gasteiger partial charge in [0.1, 0.15) is 5.58 Å². The largest absolute Gasteiger partial charge is 0.451 e. The predicted octanol–water partition coefficient (Wildman–Crippen LogP) is 3.47. The van der Waals surface area contributed by atoms with E-state index in [4.69, 9.17) is 4.42 Å². The number of hydrazone groups is 1. The first kappa shape index (κ1) is 14.9. The fraction of sp³-hybridized carbons (Fsp3) is 0.0667. The molecule has 1 aromatic carbocycles. The molecule has 0 unspecified atom stereocenters. The average Bonchev–Trinajstić information content (AvgIpc) is 3.12.